The zero-order valence-corrected chi connectivity index (χ0v) is 14.6. The third-order valence-electron chi connectivity index (χ3n) is 2.83. The van der Waals surface area contributed by atoms with E-state index >= 15 is 0 Å². The molecule has 4 N–H and O–H groups in total. The predicted molar refractivity (Wildman–Crippen MR) is 95.0 cm³/mol. The Hall–Kier alpha value is -3.99. The molecule has 28 heavy (non-hydrogen) atoms. The van der Waals surface area contributed by atoms with Gasteiger partial charge in [0.1, 0.15) is 0 Å². The van der Waals surface area contributed by atoms with E-state index in [2.05, 4.69) is 10.5 Å². The molecule has 0 heterocycles. The van der Waals surface area contributed by atoms with Gasteiger partial charge >= 0.3 is 18.2 Å². The molecular weight excluding hydrogens is 398 g/mol. The average molecular weight is 410 g/mol. The second kappa shape index (κ2) is 10.2. The minimum atomic E-state index is -1.47. The van der Waals surface area contributed by atoms with Crippen LogP contribution in [0.4, 0.5) is 15.3 Å². The number of nitrogens with one attached hydrogen (secondary N) is 1. The summed E-state index contributed by atoms with van der Waals surface area (Å²) in [5.74, 6) is -1.61. The van der Waals surface area contributed by atoms with Gasteiger partial charge in [0.25, 0.3) is 11.6 Å². The van der Waals surface area contributed by atoms with Crippen LogP contribution < -0.4 is 11.1 Å². The van der Waals surface area contributed by atoms with Gasteiger partial charge in [0.05, 0.1) is 10.5 Å². The summed E-state index contributed by atoms with van der Waals surface area (Å²) in [7, 11) is 0. The third-order valence-corrected chi connectivity index (χ3v) is 3.09. The number of primary amides is 1. The number of halogens is 1. The SMILES string of the molecule is NC(=O)OC(=O)c1ccc(Cl)cc1.O=C(O)NC(=O)c1ccc([N+](=O)[O-])cc1. The lowest BCUT2D eigenvalue weighted by molar-refractivity contribution is -0.384. The Morgan fingerprint density at radius 1 is 1.00 bits per heavy atom. The molecule has 0 atom stereocenters. The number of rotatable bonds is 3. The number of hydrogen-bond acceptors (Lipinski definition) is 7. The number of nitro benzene ring substituents is 1. The maximum atomic E-state index is 11.1. The molecule has 146 valence electrons. The summed E-state index contributed by atoms with van der Waals surface area (Å²) >= 11 is 5.58. The maximum Gasteiger partial charge on any atom is 0.412 e. The van der Waals surface area contributed by atoms with Crippen LogP contribution in [0.15, 0.2) is 48.5 Å². The van der Waals surface area contributed by atoms with Crippen molar-refractivity contribution in [1.29, 1.82) is 0 Å². The van der Waals surface area contributed by atoms with Gasteiger partial charge in [-0.25, -0.2) is 14.4 Å². The number of nitrogens with zero attached hydrogens (tertiary/aromatic N) is 1. The minimum absolute atomic E-state index is 0.0444. The monoisotopic (exact) mass is 409 g/mol. The quantitative estimate of drug-likeness (QED) is 0.299. The van der Waals surface area contributed by atoms with Crippen molar-refractivity contribution in [3.05, 3.63) is 74.8 Å². The predicted octanol–water partition coefficient (Wildman–Crippen LogP) is 2.58. The molecule has 2 rings (SSSR count). The van der Waals surface area contributed by atoms with Gasteiger partial charge in [-0.3, -0.25) is 20.2 Å². The van der Waals surface area contributed by atoms with Crippen LogP contribution in [-0.4, -0.2) is 34.1 Å². The molecule has 11 nitrogen and oxygen atoms in total. The number of carbonyl (C=O) groups excluding carboxylic acids is 3. The second-order valence-electron chi connectivity index (χ2n) is 4.78. The van der Waals surface area contributed by atoms with Crippen molar-refractivity contribution >= 4 is 41.4 Å². The van der Waals surface area contributed by atoms with Crippen molar-refractivity contribution < 1.29 is 33.9 Å². The number of non-ortho nitro benzene ring substituents is 1. The van der Waals surface area contributed by atoms with Gasteiger partial charge < -0.3 is 15.6 Å². The Labute approximate surface area is 161 Å². The van der Waals surface area contributed by atoms with Gasteiger partial charge in [-0.1, -0.05) is 11.6 Å². The van der Waals surface area contributed by atoms with Crippen molar-refractivity contribution in [1.82, 2.24) is 5.32 Å². The van der Waals surface area contributed by atoms with Crippen molar-refractivity contribution in [2.75, 3.05) is 0 Å². The zero-order chi connectivity index (χ0) is 21.3. The summed E-state index contributed by atoms with van der Waals surface area (Å²) in [6.45, 7) is 0. The fourth-order valence-corrected chi connectivity index (χ4v) is 1.77. The molecule has 0 saturated carbocycles. The highest BCUT2D eigenvalue weighted by Crippen LogP contribution is 2.12. The van der Waals surface area contributed by atoms with E-state index in [0.717, 1.165) is 12.1 Å². The number of nitrogens with two attached hydrogens (primary N) is 1. The molecule has 0 aliphatic rings. The van der Waals surface area contributed by atoms with E-state index < -0.39 is 29.0 Å². The van der Waals surface area contributed by atoms with Crippen LogP contribution in [0.5, 0.6) is 0 Å². The molecule has 0 bridgehead atoms. The highest BCUT2D eigenvalue weighted by molar-refractivity contribution is 6.30. The summed E-state index contributed by atoms with van der Waals surface area (Å²) in [6.07, 6.45) is -2.60. The molecule has 2 aromatic rings. The van der Waals surface area contributed by atoms with Gasteiger partial charge in [0.15, 0.2) is 0 Å². The summed E-state index contributed by atoms with van der Waals surface area (Å²) in [5, 5.41) is 20.6. The summed E-state index contributed by atoms with van der Waals surface area (Å²) in [5.41, 5.74) is 4.76. The first-order valence-corrected chi connectivity index (χ1v) is 7.54. The number of imide groups is 1. The number of ether oxygens (including phenoxy) is 1. The largest absolute Gasteiger partial charge is 0.465 e. The van der Waals surface area contributed by atoms with E-state index in [4.69, 9.17) is 16.7 Å². The minimum Gasteiger partial charge on any atom is -0.465 e. The molecule has 0 aliphatic heterocycles. The van der Waals surface area contributed by atoms with E-state index in [0.29, 0.717) is 5.02 Å². The third kappa shape index (κ3) is 7.49. The van der Waals surface area contributed by atoms with Crippen molar-refractivity contribution in [2.45, 2.75) is 0 Å². The lowest BCUT2D eigenvalue weighted by atomic mass is 10.2. The van der Waals surface area contributed by atoms with Crippen LogP contribution in [-0.2, 0) is 4.74 Å². The Kier molecular flexibility index (Phi) is 8.06. The van der Waals surface area contributed by atoms with Gasteiger partial charge in [-0.2, -0.15) is 0 Å². The average Bonchev–Trinajstić information content (AvgIpc) is 2.61. The van der Waals surface area contributed by atoms with E-state index in [9.17, 15) is 29.3 Å². The molecule has 0 unspecified atom stereocenters. The molecule has 0 fully saturated rings. The first-order chi connectivity index (χ1) is 13.1. The maximum absolute atomic E-state index is 11.1. The van der Waals surface area contributed by atoms with Gasteiger partial charge in [-0.15, -0.1) is 0 Å². The normalized spacial score (nSPS) is 9.32. The Balaban J connectivity index is 0.000000283. The number of hydrogen-bond donors (Lipinski definition) is 3. The number of esters is 1. The van der Waals surface area contributed by atoms with E-state index in [-0.39, 0.29) is 16.8 Å². The van der Waals surface area contributed by atoms with Crippen LogP contribution in [0, 0.1) is 10.1 Å². The molecule has 0 aromatic heterocycles. The molecule has 3 amide bonds. The van der Waals surface area contributed by atoms with E-state index in [1.807, 2.05) is 0 Å². The standard InChI is InChI=1S/C8H6ClNO3.C8H6N2O5/c9-6-3-1-5(2-4-6)7(11)13-8(10)12;11-7(9-8(12)13)5-1-3-6(4-2-5)10(14)15/h1-4H,(H2,10,12);1-4H,(H,9,11)(H,12,13). The van der Waals surface area contributed by atoms with Crippen LogP contribution >= 0.6 is 11.6 Å². The van der Waals surface area contributed by atoms with Crippen LogP contribution in [0.25, 0.3) is 0 Å². The number of benzene rings is 2. The summed E-state index contributed by atoms with van der Waals surface area (Å²) in [6, 6.07) is 10.5. The van der Waals surface area contributed by atoms with Crippen molar-refractivity contribution in [3.63, 3.8) is 0 Å². The molecule has 2 aromatic carbocycles. The van der Waals surface area contributed by atoms with Gasteiger partial charge in [0, 0.05) is 22.7 Å². The van der Waals surface area contributed by atoms with E-state index in [1.54, 1.807) is 5.32 Å². The van der Waals surface area contributed by atoms with E-state index in [1.165, 1.54) is 36.4 Å². The highest BCUT2D eigenvalue weighted by atomic mass is 35.5. The van der Waals surface area contributed by atoms with Crippen LogP contribution in [0.1, 0.15) is 20.7 Å². The number of carbonyl (C=O) groups is 4. The Morgan fingerprint density at radius 3 is 1.93 bits per heavy atom. The van der Waals surface area contributed by atoms with Crippen LogP contribution in [0.3, 0.4) is 0 Å². The second-order valence-corrected chi connectivity index (χ2v) is 5.22. The fraction of sp³-hybridized carbons (Fsp3) is 0. The summed E-state index contributed by atoms with van der Waals surface area (Å²) in [4.78, 5) is 52.1. The lowest BCUT2D eigenvalue weighted by Gasteiger charge is -1.98. The van der Waals surface area contributed by atoms with Crippen molar-refractivity contribution in [3.8, 4) is 0 Å². The molecule has 0 spiro atoms. The van der Waals surface area contributed by atoms with Crippen molar-refractivity contribution in [2.24, 2.45) is 5.73 Å². The molecule has 0 radical (unpaired) electrons. The van der Waals surface area contributed by atoms with Gasteiger partial charge in [-0.05, 0) is 36.4 Å². The summed E-state index contributed by atoms with van der Waals surface area (Å²) < 4.78 is 4.13. The molecule has 0 saturated heterocycles. The number of amides is 3. The zero-order valence-electron chi connectivity index (χ0n) is 13.8. The fourth-order valence-electron chi connectivity index (χ4n) is 1.64. The van der Waals surface area contributed by atoms with Gasteiger partial charge in [0.2, 0.25) is 0 Å². The number of carboxylic acid groups (broad SMARTS) is 1. The molecular formula is C16H12ClN3O8. The smallest absolute Gasteiger partial charge is 0.412 e. The lowest BCUT2D eigenvalue weighted by Crippen LogP contribution is -2.28. The highest BCUT2D eigenvalue weighted by Gasteiger charge is 2.11. The Bertz CT molecular complexity index is 897. The Morgan fingerprint density at radius 2 is 1.50 bits per heavy atom. The number of nitro groups is 1. The first-order valence-electron chi connectivity index (χ1n) is 7.16. The molecule has 0 aliphatic carbocycles. The van der Waals surface area contributed by atoms with Crippen LogP contribution in [0.2, 0.25) is 5.02 Å². The first kappa shape index (κ1) is 22.1. The molecule has 12 heteroatoms. The topological polar surface area (TPSA) is 179 Å².